The lowest BCUT2D eigenvalue weighted by Gasteiger charge is -2.29. The lowest BCUT2D eigenvalue weighted by molar-refractivity contribution is -0.143. The number of hydrazone groups is 1. The van der Waals surface area contributed by atoms with Crippen LogP contribution in [0.4, 0.5) is 0 Å². The predicted octanol–water partition coefficient (Wildman–Crippen LogP) is 4.60. The van der Waals surface area contributed by atoms with E-state index in [1.54, 1.807) is 32.3 Å². The normalized spacial score (nSPS) is 15.4. The van der Waals surface area contributed by atoms with E-state index in [0.29, 0.717) is 37.5 Å². The molecule has 8 nitrogen and oxygen atoms in total. The second-order valence-corrected chi connectivity index (χ2v) is 10.5. The van der Waals surface area contributed by atoms with Crippen molar-refractivity contribution in [3.05, 3.63) is 59.2 Å². The molecule has 2 aromatic carbocycles. The van der Waals surface area contributed by atoms with E-state index in [1.165, 1.54) is 5.01 Å². The summed E-state index contributed by atoms with van der Waals surface area (Å²) in [6.07, 6.45) is 0.856. The van der Waals surface area contributed by atoms with Gasteiger partial charge in [-0.3, -0.25) is 9.59 Å². The van der Waals surface area contributed by atoms with Crippen LogP contribution in [0.5, 0.6) is 11.5 Å². The van der Waals surface area contributed by atoms with Crippen molar-refractivity contribution in [3.8, 4) is 11.5 Å². The highest BCUT2D eigenvalue weighted by molar-refractivity contribution is 6.05. The standard InChI is InChI=1S/C29H39N3O5/c1-20-8-10-21(11-9-20)25-17-24(23-13-12-22(36-6)16-26(23)37-7)30-32(25)28(34)19-31(14-15-35-5)27(33)18-29(2,3)4/h8-13,16,25H,14-15,17-19H2,1-7H3/t25-/m1/s1. The van der Waals surface area contributed by atoms with Gasteiger partial charge in [0.25, 0.3) is 5.91 Å². The van der Waals surface area contributed by atoms with E-state index in [4.69, 9.17) is 19.3 Å². The molecule has 0 bridgehead atoms. The third kappa shape index (κ3) is 7.32. The number of ether oxygens (including phenoxy) is 3. The molecule has 1 aliphatic heterocycles. The van der Waals surface area contributed by atoms with E-state index in [-0.39, 0.29) is 29.8 Å². The van der Waals surface area contributed by atoms with Gasteiger partial charge in [-0.2, -0.15) is 5.10 Å². The first-order chi connectivity index (χ1) is 17.6. The number of amides is 2. The quantitative estimate of drug-likeness (QED) is 0.468. The summed E-state index contributed by atoms with van der Waals surface area (Å²) in [6, 6.07) is 13.4. The van der Waals surface area contributed by atoms with Crippen molar-refractivity contribution in [1.29, 1.82) is 0 Å². The Morgan fingerprint density at radius 2 is 1.76 bits per heavy atom. The Labute approximate surface area is 220 Å². The molecule has 1 aliphatic rings. The van der Waals surface area contributed by atoms with Crippen LogP contribution < -0.4 is 9.47 Å². The number of benzene rings is 2. The van der Waals surface area contributed by atoms with Crippen LogP contribution in [0.1, 0.15) is 56.3 Å². The lowest BCUT2D eigenvalue weighted by Crippen LogP contribution is -2.43. The summed E-state index contributed by atoms with van der Waals surface area (Å²) in [6.45, 7) is 8.66. The van der Waals surface area contributed by atoms with E-state index in [9.17, 15) is 9.59 Å². The highest BCUT2D eigenvalue weighted by Gasteiger charge is 2.35. The summed E-state index contributed by atoms with van der Waals surface area (Å²) in [5.41, 5.74) is 3.46. The minimum atomic E-state index is -0.295. The molecule has 200 valence electrons. The molecule has 0 saturated heterocycles. The molecule has 37 heavy (non-hydrogen) atoms. The molecule has 2 aromatic rings. The molecule has 0 aliphatic carbocycles. The fourth-order valence-electron chi connectivity index (χ4n) is 4.28. The van der Waals surface area contributed by atoms with Crippen LogP contribution >= 0.6 is 0 Å². The van der Waals surface area contributed by atoms with Gasteiger partial charge in [0.05, 0.1) is 32.6 Å². The topological polar surface area (TPSA) is 80.7 Å². The van der Waals surface area contributed by atoms with Crippen LogP contribution in [-0.4, -0.2) is 68.5 Å². The van der Waals surface area contributed by atoms with Crippen molar-refractivity contribution in [2.45, 2.75) is 46.6 Å². The maximum atomic E-state index is 13.7. The molecule has 0 radical (unpaired) electrons. The third-order valence-corrected chi connectivity index (χ3v) is 6.27. The molecule has 0 fully saturated rings. The van der Waals surface area contributed by atoms with Crippen LogP contribution in [0.2, 0.25) is 0 Å². The van der Waals surface area contributed by atoms with Gasteiger partial charge in [0.15, 0.2) is 0 Å². The van der Waals surface area contributed by atoms with Gasteiger partial charge in [-0.15, -0.1) is 0 Å². The Hall–Kier alpha value is -3.39. The Kier molecular flexibility index (Phi) is 9.32. The van der Waals surface area contributed by atoms with Crippen molar-refractivity contribution in [2.75, 3.05) is 41.0 Å². The van der Waals surface area contributed by atoms with E-state index in [0.717, 1.165) is 22.4 Å². The van der Waals surface area contributed by atoms with Crippen LogP contribution in [0.25, 0.3) is 0 Å². The molecule has 0 aromatic heterocycles. The molecule has 1 atom stereocenters. The second-order valence-electron chi connectivity index (χ2n) is 10.5. The number of methoxy groups -OCH3 is 3. The highest BCUT2D eigenvalue weighted by atomic mass is 16.5. The monoisotopic (exact) mass is 509 g/mol. The van der Waals surface area contributed by atoms with E-state index in [2.05, 4.69) is 0 Å². The molecule has 8 heteroatoms. The van der Waals surface area contributed by atoms with Crippen molar-refractivity contribution < 1.29 is 23.8 Å². The van der Waals surface area contributed by atoms with Gasteiger partial charge in [-0.25, -0.2) is 5.01 Å². The molecule has 0 N–H and O–H groups in total. The van der Waals surface area contributed by atoms with Crippen LogP contribution in [-0.2, 0) is 14.3 Å². The summed E-state index contributed by atoms with van der Waals surface area (Å²) in [7, 11) is 4.79. The van der Waals surface area contributed by atoms with Crippen molar-refractivity contribution in [1.82, 2.24) is 9.91 Å². The Bertz CT molecular complexity index is 1120. The summed E-state index contributed by atoms with van der Waals surface area (Å²) < 4.78 is 16.2. The predicted molar refractivity (Wildman–Crippen MR) is 144 cm³/mol. The van der Waals surface area contributed by atoms with Crippen LogP contribution in [0.15, 0.2) is 47.6 Å². The first-order valence-electron chi connectivity index (χ1n) is 12.5. The number of hydrogen-bond acceptors (Lipinski definition) is 6. The molecule has 1 heterocycles. The van der Waals surface area contributed by atoms with Crippen LogP contribution in [0.3, 0.4) is 0 Å². The smallest absolute Gasteiger partial charge is 0.262 e. The Balaban J connectivity index is 1.95. The van der Waals surface area contributed by atoms with Crippen molar-refractivity contribution >= 4 is 17.5 Å². The average Bonchev–Trinajstić information content (AvgIpc) is 3.30. The van der Waals surface area contributed by atoms with Crippen molar-refractivity contribution in [2.24, 2.45) is 10.5 Å². The van der Waals surface area contributed by atoms with E-state index < -0.39 is 0 Å². The molecule has 3 rings (SSSR count). The number of hydrogen-bond donors (Lipinski definition) is 0. The van der Waals surface area contributed by atoms with Gasteiger partial charge in [0, 0.05) is 38.1 Å². The number of carbonyl (C=O) groups excluding carboxylic acids is 2. The minimum Gasteiger partial charge on any atom is -0.497 e. The Morgan fingerprint density at radius 3 is 2.35 bits per heavy atom. The fourth-order valence-corrected chi connectivity index (χ4v) is 4.28. The second kappa shape index (κ2) is 12.2. The zero-order valence-electron chi connectivity index (χ0n) is 23.0. The average molecular weight is 510 g/mol. The zero-order chi connectivity index (χ0) is 27.2. The zero-order valence-corrected chi connectivity index (χ0v) is 23.0. The van der Waals surface area contributed by atoms with E-state index in [1.807, 2.05) is 64.1 Å². The summed E-state index contributed by atoms with van der Waals surface area (Å²) in [5, 5.41) is 6.30. The van der Waals surface area contributed by atoms with Gasteiger partial charge in [-0.1, -0.05) is 50.6 Å². The van der Waals surface area contributed by atoms with Crippen LogP contribution in [0, 0.1) is 12.3 Å². The van der Waals surface area contributed by atoms with Gasteiger partial charge in [-0.05, 0) is 30.0 Å². The summed E-state index contributed by atoms with van der Waals surface area (Å²) in [4.78, 5) is 28.3. The first-order valence-corrected chi connectivity index (χ1v) is 12.5. The SMILES string of the molecule is COCCN(CC(=O)N1N=C(c2ccc(OC)cc2OC)C[C@@H]1c1ccc(C)cc1)C(=O)CC(C)(C)C. The summed E-state index contributed by atoms with van der Waals surface area (Å²) >= 11 is 0. The Morgan fingerprint density at radius 1 is 1.05 bits per heavy atom. The molecule has 2 amide bonds. The van der Waals surface area contributed by atoms with Gasteiger partial charge in [0.1, 0.15) is 18.0 Å². The number of aryl methyl sites for hydroxylation is 1. The van der Waals surface area contributed by atoms with Gasteiger partial charge in [0.2, 0.25) is 5.91 Å². The number of carbonyl (C=O) groups is 2. The number of nitrogens with zero attached hydrogens (tertiary/aromatic N) is 3. The minimum absolute atomic E-state index is 0.0723. The number of rotatable bonds is 10. The first kappa shape index (κ1) is 28.2. The lowest BCUT2D eigenvalue weighted by atomic mass is 9.91. The maximum absolute atomic E-state index is 13.7. The maximum Gasteiger partial charge on any atom is 0.262 e. The summed E-state index contributed by atoms with van der Waals surface area (Å²) in [5.74, 6) is 0.974. The third-order valence-electron chi connectivity index (χ3n) is 6.27. The van der Waals surface area contributed by atoms with Gasteiger partial charge < -0.3 is 19.1 Å². The molecule has 0 spiro atoms. The van der Waals surface area contributed by atoms with Gasteiger partial charge >= 0.3 is 0 Å². The highest BCUT2D eigenvalue weighted by Crippen LogP contribution is 2.36. The molecular formula is C29H39N3O5. The fraction of sp³-hybridized carbons (Fsp3) is 0.483. The molecule has 0 saturated carbocycles. The molecule has 0 unspecified atom stereocenters. The largest absolute Gasteiger partial charge is 0.497 e. The van der Waals surface area contributed by atoms with Crippen molar-refractivity contribution in [3.63, 3.8) is 0 Å². The molecular weight excluding hydrogens is 470 g/mol. The van der Waals surface area contributed by atoms with E-state index >= 15 is 0 Å².